The molecule has 1 aliphatic heterocycles. The van der Waals surface area contributed by atoms with Crippen molar-refractivity contribution in [3.8, 4) is 5.75 Å². The fraction of sp³-hybridized carbons (Fsp3) is 0.312. The zero-order valence-corrected chi connectivity index (χ0v) is 12.3. The number of thioether (sulfide) groups is 1. The van der Waals surface area contributed by atoms with Crippen LogP contribution < -0.4 is 10.5 Å². The molecule has 2 aromatic rings. The van der Waals surface area contributed by atoms with Crippen LogP contribution in [0, 0.1) is 0 Å². The Balaban J connectivity index is 1.77. The van der Waals surface area contributed by atoms with E-state index in [4.69, 9.17) is 10.5 Å². The third-order valence-electron chi connectivity index (χ3n) is 3.50. The Kier molecular flexibility index (Phi) is 3.94. The van der Waals surface area contributed by atoms with Crippen molar-refractivity contribution in [2.75, 3.05) is 6.61 Å². The average molecular weight is 286 g/mol. The molecule has 2 atom stereocenters. The Morgan fingerprint density at radius 2 is 2.25 bits per heavy atom. The molecule has 20 heavy (non-hydrogen) atoms. The zero-order chi connectivity index (χ0) is 13.9. The minimum Gasteiger partial charge on any atom is -0.492 e. The first kappa shape index (κ1) is 13.5. The van der Waals surface area contributed by atoms with Gasteiger partial charge in [-0.1, -0.05) is 18.2 Å². The Morgan fingerprint density at radius 1 is 1.40 bits per heavy atom. The summed E-state index contributed by atoms with van der Waals surface area (Å²) in [6.07, 6.45) is 4.59. The molecule has 1 aromatic heterocycles. The van der Waals surface area contributed by atoms with Crippen molar-refractivity contribution in [3.05, 3.63) is 53.9 Å². The molecule has 0 saturated carbocycles. The van der Waals surface area contributed by atoms with E-state index in [1.807, 2.05) is 30.9 Å². The SMILES string of the molecule is CCOc1cncc(C(N)C2Cc3ccccc3S2)c1. The van der Waals surface area contributed by atoms with Crippen LogP contribution in [0.5, 0.6) is 5.75 Å². The van der Waals surface area contributed by atoms with Gasteiger partial charge in [0, 0.05) is 22.4 Å². The highest BCUT2D eigenvalue weighted by Crippen LogP contribution is 2.41. The summed E-state index contributed by atoms with van der Waals surface area (Å²) >= 11 is 1.86. The minimum absolute atomic E-state index is 0.0275. The molecule has 0 radical (unpaired) electrons. The molecule has 3 rings (SSSR count). The summed E-state index contributed by atoms with van der Waals surface area (Å²) in [5, 5.41) is 0.367. The molecule has 1 aliphatic rings. The van der Waals surface area contributed by atoms with E-state index < -0.39 is 0 Å². The summed E-state index contributed by atoms with van der Waals surface area (Å²) in [4.78, 5) is 5.58. The standard InChI is InChI=1S/C16H18N2OS/c1-2-19-13-7-12(9-18-10-13)16(17)15-8-11-5-3-4-6-14(11)20-15/h3-7,9-10,15-16H,2,8,17H2,1H3. The number of hydrogen-bond acceptors (Lipinski definition) is 4. The number of hydrogen-bond donors (Lipinski definition) is 1. The number of ether oxygens (including phenoxy) is 1. The lowest BCUT2D eigenvalue weighted by Gasteiger charge is -2.18. The van der Waals surface area contributed by atoms with E-state index in [1.165, 1.54) is 10.5 Å². The van der Waals surface area contributed by atoms with Crippen LogP contribution in [-0.2, 0) is 6.42 Å². The summed E-state index contributed by atoms with van der Waals surface area (Å²) in [7, 11) is 0. The van der Waals surface area contributed by atoms with Gasteiger partial charge in [-0.15, -0.1) is 11.8 Å². The highest BCUT2D eigenvalue weighted by Gasteiger charge is 2.28. The highest BCUT2D eigenvalue weighted by molar-refractivity contribution is 8.00. The van der Waals surface area contributed by atoms with Crippen LogP contribution in [0.2, 0.25) is 0 Å². The molecule has 2 unspecified atom stereocenters. The second-order valence-electron chi connectivity index (χ2n) is 4.88. The Hall–Kier alpha value is -1.52. The van der Waals surface area contributed by atoms with E-state index in [1.54, 1.807) is 6.20 Å². The van der Waals surface area contributed by atoms with E-state index in [0.29, 0.717) is 11.9 Å². The predicted molar refractivity (Wildman–Crippen MR) is 82.1 cm³/mol. The van der Waals surface area contributed by atoms with Crippen molar-refractivity contribution >= 4 is 11.8 Å². The van der Waals surface area contributed by atoms with Gasteiger partial charge in [-0.2, -0.15) is 0 Å². The van der Waals surface area contributed by atoms with Crippen LogP contribution >= 0.6 is 11.8 Å². The molecule has 2 heterocycles. The predicted octanol–water partition coefficient (Wildman–Crippen LogP) is 3.20. The number of fused-ring (bicyclic) bond motifs is 1. The molecule has 2 N–H and O–H groups in total. The van der Waals surface area contributed by atoms with Crippen LogP contribution in [0.3, 0.4) is 0 Å². The zero-order valence-electron chi connectivity index (χ0n) is 11.5. The molecule has 104 valence electrons. The van der Waals surface area contributed by atoms with Gasteiger partial charge < -0.3 is 10.5 Å². The van der Waals surface area contributed by atoms with Crippen molar-refractivity contribution in [1.82, 2.24) is 4.98 Å². The van der Waals surface area contributed by atoms with Gasteiger partial charge >= 0.3 is 0 Å². The smallest absolute Gasteiger partial charge is 0.137 e. The Morgan fingerprint density at radius 3 is 3.05 bits per heavy atom. The number of pyridine rings is 1. The van der Waals surface area contributed by atoms with Crippen molar-refractivity contribution in [2.24, 2.45) is 5.73 Å². The second kappa shape index (κ2) is 5.85. The number of nitrogens with two attached hydrogens (primary N) is 1. The van der Waals surface area contributed by atoms with Gasteiger partial charge in [-0.3, -0.25) is 4.98 Å². The largest absolute Gasteiger partial charge is 0.492 e. The van der Waals surface area contributed by atoms with Crippen LogP contribution in [0.1, 0.15) is 24.1 Å². The van der Waals surface area contributed by atoms with Crippen molar-refractivity contribution in [1.29, 1.82) is 0 Å². The molecule has 0 bridgehead atoms. The van der Waals surface area contributed by atoms with E-state index in [0.717, 1.165) is 17.7 Å². The maximum Gasteiger partial charge on any atom is 0.137 e. The fourth-order valence-electron chi connectivity index (χ4n) is 2.49. The van der Waals surface area contributed by atoms with Gasteiger partial charge in [-0.05, 0) is 36.6 Å². The van der Waals surface area contributed by atoms with Gasteiger partial charge in [0.15, 0.2) is 0 Å². The molecule has 3 nitrogen and oxygen atoms in total. The average Bonchev–Trinajstić information content (AvgIpc) is 2.91. The molecule has 1 aromatic carbocycles. The van der Waals surface area contributed by atoms with E-state index in [-0.39, 0.29) is 6.04 Å². The third-order valence-corrected chi connectivity index (χ3v) is 4.92. The van der Waals surface area contributed by atoms with Gasteiger partial charge in [0.2, 0.25) is 0 Å². The highest BCUT2D eigenvalue weighted by atomic mass is 32.2. The number of rotatable bonds is 4. The van der Waals surface area contributed by atoms with Gasteiger partial charge in [-0.25, -0.2) is 0 Å². The lowest BCUT2D eigenvalue weighted by Crippen LogP contribution is -2.23. The summed E-state index contributed by atoms with van der Waals surface area (Å²) in [5.41, 5.74) is 8.87. The first-order valence-electron chi connectivity index (χ1n) is 6.86. The van der Waals surface area contributed by atoms with Crippen LogP contribution in [0.4, 0.5) is 0 Å². The third kappa shape index (κ3) is 2.67. The normalized spacial score (nSPS) is 18.6. The maximum absolute atomic E-state index is 6.43. The Bertz CT molecular complexity index is 578. The summed E-state index contributed by atoms with van der Waals surface area (Å²) in [6, 6.07) is 10.5. The van der Waals surface area contributed by atoms with Crippen molar-refractivity contribution in [2.45, 2.75) is 29.5 Å². The fourth-order valence-corrected chi connectivity index (χ4v) is 3.84. The number of nitrogens with zero attached hydrogens (tertiary/aromatic N) is 1. The minimum atomic E-state index is -0.0275. The van der Waals surface area contributed by atoms with Crippen LogP contribution in [0.25, 0.3) is 0 Å². The molecular weight excluding hydrogens is 268 g/mol. The van der Waals surface area contributed by atoms with Crippen molar-refractivity contribution < 1.29 is 4.74 Å². The number of aromatic nitrogens is 1. The van der Waals surface area contributed by atoms with E-state index in [9.17, 15) is 0 Å². The molecule has 0 fully saturated rings. The monoisotopic (exact) mass is 286 g/mol. The molecule has 4 heteroatoms. The lowest BCUT2D eigenvalue weighted by molar-refractivity contribution is 0.338. The van der Waals surface area contributed by atoms with Gasteiger partial charge in [0.1, 0.15) is 5.75 Å². The first-order valence-corrected chi connectivity index (χ1v) is 7.73. The van der Waals surface area contributed by atoms with Gasteiger partial charge in [0.05, 0.1) is 12.8 Å². The molecular formula is C16H18N2OS. The summed E-state index contributed by atoms with van der Waals surface area (Å²) < 4.78 is 5.50. The van der Waals surface area contributed by atoms with Crippen LogP contribution in [0.15, 0.2) is 47.6 Å². The maximum atomic E-state index is 6.43. The summed E-state index contributed by atoms with van der Waals surface area (Å²) in [5.74, 6) is 0.793. The second-order valence-corrected chi connectivity index (χ2v) is 6.16. The van der Waals surface area contributed by atoms with E-state index >= 15 is 0 Å². The molecule has 0 aliphatic carbocycles. The van der Waals surface area contributed by atoms with E-state index in [2.05, 4.69) is 29.2 Å². The lowest BCUT2D eigenvalue weighted by atomic mass is 10.0. The number of benzene rings is 1. The summed E-state index contributed by atoms with van der Waals surface area (Å²) in [6.45, 7) is 2.61. The Labute approximate surface area is 123 Å². The topological polar surface area (TPSA) is 48.1 Å². The van der Waals surface area contributed by atoms with Gasteiger partial charge in [0.25, 0.3) is 0 Å². The molecule has 0 amide bonds. The molecule has 0 saturated heterocycles. The molecule has 0 spiro atoms. The van der Waals surface area contributed by atoms with Crippen molar-refractivity contribution in [3.63, 3.8) is 0 Å². The van der Waals surface area contributed by atoms with Crippen LogP contribution in [-0.4, -0.2) is 16.8 Å². The first-order chi connectivity index (χ1) is 9.78. The quantitative estimate of drug-likeness (QED) is 0.937.